The summed E-state index contributed by atoms with van der Waals surface area (Å²) in [6, 6.07) is 5.39. The van der Waals surface area contributed by atoms with Crippen LogP contribution in [0, 0.1) is 23.1 Å². The number of ether oxygens (including phenoxy) is 1. The molecule has 0 radical (unpaired) electrons. The molecule has 8 nitrogen and oxygen atoms in total. The lowest BCUT2D eigenvalue weighted by Crippen LogP contribution is -2.48. The molecule has 1 saturated heterocycles. The first kappa shape index (κ1) is 22.4. The van der Waals surface area contributed by atoms with Gasteiger partial charge < -0.3 is 15.4 Å². The van der Waals surface area contributed by atoms with Crippen LogP contribution in [-0.4, -0.2) is 57.0 Å². The van der Waals surface area contributed by atoms with E-state index in [0.29, 0.717) is 38.3 Å². The van der Waals surface area contributed by atoms with E-state index in [4.69, 9.17) is 15.7 Å². The summed E-state index contributed by atoms with van der Waals surface area (Å²) in [4.78, 5) is 27.2. The van der Waals surface area contributed by atoms with Gasteiger partial charge in [-0.1, -0.05) is 17.8 Å². The van der Waals surface area contributed by atoms with Crippen LogP contribution in [0.4, 0.5) is 8.78 Å². The number of aromatic nitrogens is 2. The van der Waals surface area contributed by atoms with Crippen molar-refractivity contribution >= 4 is 34.7 Å². The lowest BCUT2D eigenvalue weighted by molar-refractivity contribution is -0.135. The van der Waals surface area contributed by atoms with Gasteiger partial charge in [-0.15, -0.1) is 0 Å². The number of rotatable bonds is 4. The molecule has 1 amide bonds. The van der Waals surface area contributed by atoms with Gasteiger partial charge in [0.1, 0.15) is 22.3 Å². The van der Waals surface area contributed by atoms with Gasteiger partial charge in [0.25, 0.3) is 0 Å². The van der Waals surface area contributed by atoms with Crippen LogP contribution in [0.5, 0.6) is 0 Å². The van der Waals surface area contributed by atoms with Crippen molar-refractivity contribution in [2.75, 3.05) is 26.3 Å². The quantitative estimate of drug-likeness (QED) is 0.712. The van der Waals surface area contributed by atoms with Crippen molar-refractivity contribution in [1.29, 1.82) is 5.26 Å². The van der Waals surface area contributed by atoms with E-state index in [0.717, 1.165) is 6.20 Å². The molecule has 1 aliphatic carbocycles. The zero-order valence-corrected chi connectivity index (χ0v) is 18.8. The first-order valence-corrected chi connectivity index (χ1v) is 11.5. The number of fused-ring (bicyclic) bond motifs is 1. The molecule has 3 aliphatic rings. The third-order valence-electron chi connectivity index (χ3n) is 6.20. The molecule has 2 aliphatic heterocycles. The predicted octanol–water partition coefficient (Wildman–Crippen LogP) is 2.68. The summed E-state index contributed by atoms with van der Waals surface area (Å²) in [7, 11) is 0. The highest BCUT2D eigenvalue weighted by molar-refractivity contribution is 8.15. The Labute approximate surface area is 198 Å². The topological polar surface area (TPSA) is 117 Å². The SMILES string of the molecule is N#Cc1cnc(/C(F)=C/c2ccc(F)c(C3N=C(N)SC4(C(=O)N5CCOCC5)CC34)c2)cn1. The molecule has 2 aromatic rings. The van der Waals surface area contributed by atoms with E-state index in [2.05, 4.69) is 15.0 Å². The second kappa shape index (κ2) is 8.77. The second-order valence-electron chi connectivity index (χ2n) is 8.29. The first-order valence-electron chi connectivity index (χ1n) is 10.7. The number of thioether (sulfide) groups is 1. The van der Waals surface area contributed by atoms with Crippen molar-refractivity contribution in [2.24, 2.45) is 16.6 Å². The van der Waals surface area contributed by atoms with Crippen LogP contribution < -0.4 is 5.73 Å². The monoisotopic (exact) mass is 482 g/mol. The highest BCUT2D eigenvalue weighted by atomic mass is 32.2. The molecule has 2 fully saturated rings. The first-order chi connectivity index (χ1) is 16.4. The number of nitriles is 1. The molecular formula is C23H20F2N6O2S. The molecule has 0 spiro atoms. The highest BCUT2D eigenvalue weighted by Gasteiger charge is 2.67. The molecule has 5 rings (SSSR count). The van der Waals surface area contributed by atoms with Crippen LogP contribution in [0.15, 0.2) is 35.6 Å². The second-order valence-corrected chi connectivity index (χ2v) is 9.64. The molecule has 0 bridgehead atoms. The Bertz CT molecular complexity index is 1240. The Hall–Kier alpha value is -3.36. The number of halogens is 2. The summed E-state index contributed by atoms with van der Waals surface area (Å²) in [5, 5.41) is 9.04. The van der Waals surface area contributed by atoms with E-state index in [-0.39, 0.29) is 33.9 Å². The lowest BCUT2D eigenvalue weighted by atomic mass is 9.97. The number of nitrogens with zero attached hydrogens (tertiary/aromatic N) is 5. The van der Waals surface area contributed by atoms with Crippen molar-refractivity contribution in [3.63, 3.8) is 0 Å². The van der Waals surface area contributed by atoms with Gasteiger partial charge in [-0.2, -0.15) is 5.26 Å². The molecule has 3 heterocycles. The minimum Gasteiger partial charge on any atom is -0.378 e. The van der Waals surface area contributed by atoms with Gasteiger partial charge in [-0.05, 0) is 30.2 Å². The van der Waals surface area contributed by atoms with Crippen LogP contribution in [0.25, 0.3) is 11.9 Å². The van der Waals surface area contributed by atoms with Crippen LogP contribution in [0.1, 0.15) is 35.0 Å². The van der Waals surface area contributed by atoms with Crippen LogP contribution in [0.3, 0.4) is 0 Å². The summed E-state index contributed by atoms with van der Waals surface area (Å²) < 4.78 is 34.2. The number of hydrogen-bond donors (Lipinski definition) is 1. The van der Waals surface area contributed by atoms with Gasteiger partial charge in [0.15, 0.2) is 16.7 Å². The van der Waals surface area contributed by atoms with Gasteiger partial charge in [-0.25, -0.2) is 18.7 Å². The Balaban J connectivity index is 1.42. The summed E-state index contributed by atoms with van der Waals surface area (Å²) >= 11 is 1.25. The standard InChI is InChI=1S/C23H20F2N6O2S/c24-17-2-1-13(8-18(25)19-12-28-14(10-26)11-29-19)7-15(17)20-16-9-23(16,34-22(27)30-20)21(32)31-3-5-33-6-4-31/h1-2,7-8,11-12,16,20H,3-6,9H2,(H2,27,30)/b18-8-. The van der Waals surface area contributed by atoms with E-state index in [1.807, 2.05) is 6.07 Å². The maximum Gasteiger partial charge on any atom is 0.239 e. The molecule has 11 heteroatoms. The van der Waals surface area contributed by atoms with Gasteiger partial charge in [0.05, 0.1) is 31.6 Å². The molecular weight excluding hydrogens is 462 g/mol. The van der Waals surface area contributed by atoms with Gasteiger partial charge >= 0.3 is 0 Å². The summed E-state index contributed by atoms with van der Waals surface area (Å²) in [6.45, 7) is 2.01. The highest BCUT2D eigenvalue weighted by Crippen LogP contribution is 2.64. The average Bonchev–Trinajstić information content (AvgIpc) is 3.60. The van der Waals surface area contributed by atoms with E-state index < -0.39 is 22.4 Å². The fourth-order valence-corrected chi connectivity index (χ4v) is 5.71. The van der Waals surface area contributed by atoms with E-state index >= 15 is 0 Å². The summed E-state index contributed by atoms with van der Waals surface area (Å²) in [5.74, 6) is -1.40. The molecule has 1 aromatic carbocycles. The molecule has 1 saturated carbocycles. The number of amidine groups is 1. The van der Waals surface area contributed by atoms with Crippen molar-refractivity contribution < 1.29 is 18.3 Å². The van der Waals surface area contributed by atoms with Gasteiger partial charge in [0.2, 0.25) is 5.91 Å². The smallest absolute Gasteiger partial charge is 0.239 e. The van der Waals surface area contributed by atoms with Crippen LogP contribution in [-0.2, 0) is 9.53 Å². The number of nitrogens with two attached hydrogens (primary N) is 1. The number of hydrogen-bond acceptors (Lipinski definition) is 8. The number of amides is 1. The normalized spacial score (nSPS) is 26.3. The molecule has 2 N–H and O–H groups in total. The van der Waals surface area contributed by atoms with Gasteiger partial charge in [0, 0.05) is 24.6 Å². The average molecular weight is 483 g/mol. The minimum absolute atomic E-state index is 0.0180. The minimum atomic E-state index is -0.755. The zero-order valence-electron chi connectivity index (χ0n) is 17.9. The van der Waals surface area contributed by atoms with E-state index in [9.17, 15) is 13.6 Å². The fraction of sp³-hybridized carbons (Fsp3) is 0.348. The lowest BCUT2D eigenvalue weighted by Gasteiger charge is -2.33. The number of carbonyl (C=O) groups excluding carboxylic acids is 1. The Morgan fingerprint density at radius 1 is 1.32 bits per heavy atom. The van der Waals surface area contributed by atoms with Crippen molar-refractivity contribution in [3.8, 4) is 6.07 Å². The summed E-state index contributed by atoms with van der Waals surface area (Å²) in [5.41, 5.74) is 6.78. The van der Waals surface area contributed by atoms with Crippen LogP contribution in [0.2, 0.25) is 0 Å². The van der Waals surface area contributed by atoms with Gasteiger partial charge in [-0.3, -0.25) is 9.79 Å². The Morgan fingerprint density at radius 3 is 2.82 bits per heavy atom. The molecule has 174 valence electrons. The predicted molar refractivity (Wildman–Crippen MR) is 122 cm³/mol. The Kier molecular flexibility index (Phi) is 5.79. The van der Waals surface area contributed by atoms with Crippen molar-refractivity contribution in [2.45, 2.75) is 17.2 Å². The number of carbonyl (C=O) groups is 1. The molecule has 34 heavy (non-hydrogen) atoms. The largest absolute Gasteiger partial charge is 0.378 e. The maximum atomic E-state index is 14.9. The number of aliphatic imine (C=N–C) groups is 1. The zero-order chi connectivity index (χ0) is 23.9. The third kappa shape index (κ3) is 4.03. The molecule has 3 atom stereocenters. The number of benzene rings is 1. The van der Waals surface area contributed by atoms with Crippen LogP contribution >= 0.6 is 11.8 Å². The van der Waals surface area contributed by atoms with Crippen molar-refractivity contribution in [1.82, 2.24) is 14.9 Å². The Morgan fingerprint density at radius 2 is 2.12 bits per heavy atom. The van der Waals surface area contributed by atoms with Crippen molar-refractivity contribution in [3.05, 3.63) is 58.9 Å². The van der Waals surface area contributed by atoms with E-state index in [1.165, 1.54) is 42.2 Å². The molecule has 3 unspecified atom stereocenters. The summed E-state index contributed by atoms with van der Waals surface area (Å²) in [6.07, 6.45) is 4.09. The number of morpholine rings is 1. The fourth-order valence-electron chi connectivity index (χ4n) is 4.41. The van der Waals surface area contributed by atoms with E-state index in [1.54, 1.807) is 4.90 Å². The molecule has 1 aromatic heterocycles. The maximum absolute atomic E-state index is 14.9. The third-order valence-corrected chi connectivity index (χ3v) is 7.52.